The molecule has 174 valence electrons. The Kier molecular flexibility index (Phi) is 6.76. The molecule has 0 spiro atoms. The van der Waals surface area contributed by atoms with Crippen LogP contribution in [0.25, 0.3) is 5.57 Å². The number of aliphatic hydroxyl groups is 2. The predicted molar refractivity (Wildman–Crippen MR) is 126 cm³/mol. The van der Waals surface area contributed by atoms with Gasteiger partial charge in [-0.05, 0) is 55.9 Å². The summed E-state index contributed by atoms with van der Waals surface area (Å²) in [4.78, 5) is 21.1. The third-order valence-corrected chi connectivity index (χ3v) is 6.25. The van der Waals surface area contributed by atoms with Crippen molar-refractivity contribution in [3.63, 3.8) is 0 Å². The SMILES string of the molecule is Cc1ccc(C(=O)NC2CC2)cc1C(C=Nc1cncc(OC2CC(CO)(CO)C2)c1)=CN. The summed E-state index contributed by atoms with van der Waals surface area (Å²) in [6.07, 6.45) is 9.54. The maximum Gasteiger partial charge on any atom is 0.251 e. The second-order valence-corrected chi connectivity index (χ2v) is 9.00. The van der Waals surface area contributed by atoms with Gasteiger partial charge in [0.15, 0.2) is 0 Å². The van der Waals surface area contributed by atoms with Crippen LogP contribution in [0, 0.1) is 12.3 Å². The van der Waals surface area contributed by atoms with Crippen LogP contribution in [-0.4, -0.2) is 52.7 Å². The topological polar surface area (TPSA) is 130 Å². The molecule has 0 aliphatic heterocycles. The fourth-order valence-corrected chi connectivity index (χ4v) is 3.95. The van der Waals surface area contributed by atoms with Crippen LogP contribution in [0.4, 0.5) is 5.69 Å². The number of aromatic nitrogens is 1. The Balaban J connectivity index is 1.45. The monoisotopic (exact) mass is 450 g/mol. The molecule has 1 aromatic carbocycles. The van der Waals surface area contributed by atoms with Crippen LogP contribution in [-0.2, 0) is 0 Å². The van der Waals surface area contributed by atoms with E-state index in [1.807, 2.05) is 25.1 Å². The summed E-state index contributed by atoms with van der Waals surface area (Å²) in [7, 11) is 0. The largest absolute Gasteiger partial charge is 0.489 e. The number of aliphatic hydroxyl groups excluding tert-OH is 2. The van der Waals surface area contributed by atoms with E-state index in [-0.39, 0.29) is 25.2 Å². The molecule has 33 heavy (non-hydrogen) atoms. The van der Waals surface area contributed by atoms with E-state index in [0.717, 1.165) is 24.0 Å². The number of allylic oxidation sites excluding steroid dienone is 1. The molecule has 8 heteroatoms. The Hall–Kier alpha value is -3.23. The highest BCUT2D eigenvalue weighted by molar-refractivity contribution is 6.11. The number of amides is 1. The standard InChI is InChI=1S/C25H30N4O4/c1-16-2-3-17(24(32)29-19-4-5-19)6-23(16)18(10-26)11-28-20-7-21(13-27-12-20)33-22-8-25(9-22,14-30)15-31/h2-3,6-7,10-13,19,22,30-31H,4-5,8-9,14-15,26H2,1H3,(H,29,32). The van der Waals surface area contributed by atoms with Crippen molar-refractivity contribution in [1.29, 1.82) is 0 Å². The van der Waals surface area contributed by atoms with Crippen molar-refractivity contribution in [3.05, 3.63) is 59.5 Å². The number of carbonyl (C=O) groups excluding carboxylic acids is 1. The Morgan fingerprint density at radius 2 is 2.03 bits per heavy atom. The molecule has 0 radical (unpaired) electrons. The zero-order chi connectivity index (χ0) is 23.4. The first-order valence-electron chi connectivity index (χ1n) is 11.2. The molecule has 2 aliphatic carbocycles. The number of rotatable bonds is 9. The van der Waals surface area contributed by atoms with E-state index in [2.05, 4.69) is 15.3 Å². The summed E-state index contributed by atoms with van der Waals surface area (Å²) in [5.41, 5.74) is 9.15. The molecule has 2 aromatic rings. The van der Waals surface area contributed by atoms with Crippen LogP contribution in [0.15, 0.2) is 47.9 Å². The zero-order valence-corrected chi connectivity index (χ0v) is 18.7. The van der Waals surface area contributed by atoms with Crippen LogP contribution >= 0.6 is 0 Å². The third kappa shape index (κ3) is 5.40. The van der Waals surface area contributed by atoms with Crippen LogP contribution in [0.1, 0.15) is 47.2 Å². The molecule has 4 rings (SSSR count). The highest BCUT2D eigenvalue weighted by atomic mass is 16.5. The van der Waals surface area contributed by atoms with Crippen LogP contribution in [0.5, 0.6) is 5.75 Å². The van der Waals surface area contributed by atoms with Gasteiger partial charge in [-0.2, -0.15) is 0 Å². The first kappa shape index (κ1) is 22.9. The lowest BCUT2D eigenvalue weighted by atomic mass is 9.68. The molecule has 2 aliphatic rings. The summed E-state index contributed by atoms with van der Waals surface area (Å²) < 4.78 is 5.92. The van der Waals surface area contributed by atoms with E-state index in [4.69, 9.17) is 10.5 Å². The number of nitrogens with one attached hydrogen (secondary N) is 1. The lowest BCUT2D eigenvalue weighted by molar-refractivity contribution is -0.0812. The second-order valence-electron chi connectivity index (χ2n) is 9.00. The van der Waals surface area contributed by atoms with Crippen molar-refractivity contribution < 1.29 is 19.7 Å². The van der Waals surface area contributed by atoms with Crippen molar-refractivity contribution in [2.45, 2.75) is 44.8 Å². The number of benzene rings is 1. The van der Waals surface area contributed by atoms with Gasteiger partial charge in [0, 0.05) is 41.1 Å². The first-order chi connectivity index (χ1) is 15.9. The van der Waals surface area contributed by atoms with E-state index in [1.54, 1.807) is 24.7 Å². The number of nitrogens with zero attached hydrogens (tertiary/aromatic N) is 2. The molecule has 5 N–H and O–H groups in total. The molecule has 0 bridgehead atoms. The smallest absolute Gasteiger partial charge is 0.251 e. The van der Waals surface area contributed by atoms with Gasteiger partial charge in [-0.3, -0.25) is 14.8 Å². The van der Waals surface area contributed by atoms with Gasteiger partial charge in [0.2, 0.25) is 0 Å². The molecule has 2 saturated carbocycles. The molecule has 8 nitrogen and oxygen atoms in total. The van der Waals surface area contributed by atoms with Crippen LogP contribution in [0.2, 0.25) is 0 Å². The molecule has 1 aromatic heterocycles. The minimum absolute atomic E-state index is 0.0526. The van der Waals surface area contributed by atoms with E-state index < -0.39 is 5.41 Å². The van der Waals surface area contributed by atoms with Gasteiger partial charge < -0.3 is 26.0 Å². The first-order valence-corrected chi connectivity index (χ1v) is 11.2. The zero-order valence-electron chi connectivity index (χ0n) is 18.7. The number of aliphatic imine (C=N–C) groups is 1. The summed E-state index contributed by atoms with van der Waals surface area (Å²) in [5.74, 6) is 0.496. The predicted octanol–water partition coefficient (Wildman–Crippen LogP) is 2.50. The number of hydrogen-bond acceptors (Lipinski definition) is 7. The lowest BCUT2D eigenvalue weighted by Crippen LogP contribution is -2.48. The van der Waals surface area contributed by atoms with Crippen molar-refractivity contribution in [1.82, 2.24) is 10.3 Å². The van der Waals surface area contributed by atoms with Gasteiger partial charge in [-0.25, -0.2) is 0 Å². The summed E-state index contributed by atoms with van der Waals surface area (Å²) >= 11 is 0. The van der Waals surface area contributed by atoms with E-state index in [0.29, 0.717) is 41.5 Å². The molecule has 0 unspecified atom stereocenters. The fraction of sp³-hybridized carbons (Fsp3) is 0.400. The van der Waals surface area contributed by atoms with Gasteiger partial charge in [0.1, 0.15) is 11.9 Å². The second kappa shape index (κ2) is 9.72. The van der Waals surface area contributed by atoms with Gasteiger partial charge >= 0.3 is 0 Å². The Morgan fingerprint density at radius 3 is 2.70 bits per heavy atom. The highest BCUT2D eigenvalue weighted by Gasteiger charge is 2.44. The van der Waals surface area contributed by atoms with Crippen molar-refractivity contribution in [2.75, 3.05) is 13.2 Å². The van der Waals surface area contributed by atoms with Gasteiger partial charge in [-0.15, -0.1) is 0 Å². The van der Waals surface area contributed by atoms with Crippen molar-refractivity contribution in [3.8, 4) is 5.75 Å². The number of ether oxygens (including phenoxy) is 1. The maximum absolute atomic E-state index is 12.4. The highest BCUT2D eigenvalue weighted by Crippen LogP contribution is 2.42. The van der Waals surface area contributed by atoms with Crippen LogP contribution in [0.3, 0.4) is 0 Å². The quantitative estimate of drug-likeness (QED) is 0.434. The normalized spacial score (nSPS) is 18.2. The molecule has 0 saturated heterocycles. The maximum atomic E-state index is 12.4. The summed E-state index contributed by atoms with van der Waals surface area (Å²) in [5, 5.41) is 21.9. The van der Waals surface area contributed by atoms with Crippen molar-refractivity contribution >= 4 is 23.4 Å². The van der Waals surface area contributed by atoms with E-state index >= 15 is 0 Å². The third-order valence-electron chi connectivity index (χ3n) is 6.25. The van der Waals surface area contributed by atoms with Crippen molar-refractivity contribution in [2.24, 2.45) is 16.1 Å². The Bertz CT molecular complexity index is 1070. The Morgan fingerprint density at radius 1 is 1.27 bits per heavy atom. The minimum atomic E-state index is -0.448. The average Bonchev–Trinajstić information content (AvgIpc) is 3.61. The van der Waals surface area contributed by atoms with E-state index in [9.17, 15) is 15.0 Å². The number of nitrogens with two attached hydrogens (primary N) is 1. The molecule has 1 heterocycles. The molecule has 0 atom stereocenters. The number of hydrogen-bond donors (Lipinski definition) is 4. The molecule has 1 amide bonds. The Labute approximate surface area is 193 Å². The number of carbonyl (C=O) groups is 1. The number of pyridine rings is 1. The fourth-order valence-electron chi connectivity index (χ4n) is 3.95. The minimum Gasteiger partial charge on any atom is -0.489 e. The molecular weight excluding hydrogens is 420 g/mol. The van der Waals surface area contributed by atoms with Crippen LogP contribution < -0.4 is 15.8 Å². The van der Waals surface area contributed by atoms with Gasteiger partial charge in [0.05, 0.1) is 31.3 Å². The van der Waals surface area contributed by atoms with E-state index in [1.165, 1.54) is 6.20 Å². The molecular formula is C25H30N4O4. The number of aryl methyl sites for hydroxylation is 1. The van der Waals surface area contributed by atoms with Gasteiger partial charge in [0.25, 0.3) is 5.91 Å². The average molecular weight is 451 g/mol. The lowest BCUT2D eigenvalue weighted by Gasteiger charge is -2.44. The molecule has 2 fully saturated rings. The summed E-state index contributed by atoms with van der Waals surface area (Å²) in [6, 6.07) is 7.62. The summed E-state index contributed by atoms with van der Waals surface area (Å²) in [6.45, 7) is 1.86. The van der Waals surface area contributed by atoms with Gasteiger partial charge in [-0.1, -0.05) is 6.07 Å².